The van der Waals surface area contributed by atoms with E-state index >= 15 is 0 Å². The molecule has 1 aromatic carbocycles. The first-order valence-corrected chi connectivity index (χ1v) is 9.08. The summed E-state index contributed by atoms with van der Waals surface area (Å²) >= 11 is 5.90. The first kappa shape index (κ1) is 18.8. The van der Waals surface area contributed by atoms with Crippen LogP contribution >= 0.6 is 11.6 Å². The highest BCUT2D eigenvalue weighted by Crippen LogP contribution is 2.37. The normalized spacial score (nSPS) is 18.4. The van der Waals surface area contributed by atoms with Gasteiger partial charge in [-0.25, -0.2) is 18.0 Å². The Morgan fingerprint density at radius 1 is 1.29 bits per heavy atom. The van der Waals surface area contributed by atoms with E-state index in [1.807, 2.05) is 0 Å². The maximum Gasteiger partial charge on any atom is 0.318 e. The largest absolute Gasteiger partial charge is 0.335 e. The number of urea groups is 1. The Hall–Kier alpha value is -2.55. The fourth-order valence-corrected chi connectivity index (χ4v) is 3.79. The minimum Gasteiger partial charge on any atom is -0.335 e. The van der Waals surface area contributed by atoms with Gasteiger partial charge in [0.25, 0.3) is 5.92 Å². The lowest BCUT2D eigenvalue weighted by Gasteiger charge is -2.37. The number of halogens is 4. The quantitative estimate of drug-likeness (QED) is 0.785. The molecule has 4 rings (SSSR count). The molecule has 0 unspecified atom stereocenters. The molecular weight excluding hydrogens is 397 g/mol. The van der Waals surface area contributed by atoms with Crippen molar-refractivity contribution in [1.29, 1.82) is 0 Å². The number of hydrogen-bond acceptors (Lipinski definition) is 3. The van der Waals surface area contributed by atoms with Gasteiger partial charge in [0.05, 0.1) is 24.3 Å². The number of benzene rings is 1. The number of amides is 2. The van der Waals surface area contributed by atoms with Gasteiger partial charge in [-0.1, -0.05) is 11.6 Å². The second-order valence-electron chi connectivity index (χ2n) is 7.04. The Bertz CT molecular complexity index is 934. The van der Waals surface area contributed by atoms with Crippen molar-refractivity contribution >= 4 is 23.9 Å². The van der Waals surface area contributed by atoms with E-state index in [9.17, 15) is 22.8 Å². The number of nitrogens with one attached hydrogen (secondary N) is 1. The van der Waals surface area contributed by atoms with Gasteiger partial charge in [-0.05, 0) is 18.2 Å². The van der Waals surface area contributed by atoms with E-state index in [2.05, 4.69) is 10.4 Å². The average Bonchev–Trinajstić information content (AvgIpc) is 2.97. The molecule has 0 radical (unpaired) electrons. The second-order valence-corrected chi connectivity index (χ2v) is 7.48. The lowest BCUT2D eigenvalue weighted by atomic mass is 9.88. The molecule has 0 atom stereocenters. The molecular formula is C18H16ClF3N4O2. The van der Waals surface area contributed by atoms with Gasteiger partial charge in [-0.2, -0.15) is 5.10 Å². The first-order valence-electron chi connectivity index (χ1n) is 8.70. The summed E-state index contributed by atoms with van der Waals surface area (Å²) in [6.45, 7) is 0.734. The number of alkyl halides is 2. The fraction of sp³-hybridized carbons (Fsp3) is 0.389. The molecule has 1 saturated carbocycles. The van der Waals surface area contributed by atoms with Crippen LogP contribution in [0.2, 0.25) is 5.02 Å². The average molecular weight is 413 g/mol. The SMILES string of the molecule is O=Cc1c(-c2cc(F)cc(Cl)c2)nn2c1CN(C(=O)NC1CC(F)(F)C1)CC2. The number of carbonyl (C=O) groups is 2. The number of hydrogen-bond donors (Lipinski definition) is 1. The molecule has 1 aliphatic heterocycles. The molecule has 1 aromatic heterocycles. The minimum absolute atomic E-state index is 0.0963. The van der Waals surface area contributed by atoms with Crippen LogP contribution < -0.4 is 5.32 Å². The monoisotopic (exact) mass is 412 g/mol. The number of fused-ring (bicyclic) bond motifs is 1. The highest BCUT2D eigenvalue weighted by molar-refractivity contribution is 6.30. The van der Waals surface area contributed by atoms with E-state index in [0.29, 0.717) is 30.6 Å². The van der Waals surface area contributed by atoms with Gasteiger partial charge in [0, 0.05) is 36.0 Å². The van der Waals surface area contributed by atoms with Gasteiger partial charge >= 0.3 is 6.03 Å². The molecule has 2 aromatic rings. The van der Waals surface area contributed by atoms with E-state index < -0.39 is 23.8 Å². The van der Waals surface area contributed by atoms with Crippen molar-refractivity contribution in [3.63, 3.8) is 0 Å². The zero-order valence-electron chi connectivity index (χ0n) is 14.6. The van der Waals surface area contributed by atoms with Crippen LogP contribution in [0.5, 0.6) is 0 Å². The topological polar surface area (TPSA) is 67.2 Å². The van der Waals surface area contributed by atoms with E-state index in [4.69, 9.17) is 11.6 Å². The first-order chi connectivity index (χ1) is 13.3. The van der Waals surface area contributed by atoms with Crippen molar-refractivity contribution < 1.29 is 22.8 Å². The predicted octanol–water partition coefficient (Wildman–Crippen LogP) is 3.48. The molecule has 2 heterocycles. The lowest BCUT2D eigenvalue weighted by molar-refractivity contribution is -0.0903. The predicted molar refractivity (Wildman–Crippen MR) is 94.9 cm³/mol. The molecule has 148 valence electrons. The van der Waals surface area contributed by atoms with E-state index in [1.165, 1.54) is 17.0 Å². The third-order valence-electron chi connectivity index (χ3n) is 4.98. The Morgan fingerprint density at radius 3 is 2.68 bits per heavy atom. The molecule has 0 saturated heterocycles. The molecule has 28 heavy (non-hydrogen) atoms. The smallest absolute Gasteiger partial charge is 0.318 e. The molecule has 1 N–H and O–H groups in total. The molecule has 1 aliphatic carbocycles. The summed E-state index contributed by atoms with van der Waals surface area (Å²) in [5.74, 6) is -3.27. The number of aldehydes is 1. The van der Waals surface area contributed by atoms with Crippen LogP contribution in [0.15, 0.2) is 18.2 Å². The minimum atomic E-state index is -2.72. The summed E-state index contributed by atoms with van der Waals surface area (Å²) in [5, 5.41) is 7.14. The Labute approximate surface area is 163 Å². The van der Waals surface area contributed by atoms with Crippen molar-refractivity contribution in [2.75, 3.05) is 6.54 Å². The van der Waals surface area contributed by atoms with Crippen LogP contribution in [0.1, 0.15) is 28.9 Å². The van der Waals surface area contributed by atoms with Crippen molar-refractivity contribution in [1.82, 2.24) is 20.0 Å². The summed E-state index contributed by atoms with van der Waals surface area (Å²) in [7, 11) is 0. The third-order valence-corrected chi connectivity index (χ3v) is 5.20. The fourth-order valence-electron chi connectivity index (χ4n) is 3.57. The summed E-state index contributed by atoms with van der Waals surface area (Å²) in [6.07, 6.45) is -0.121. The van der Waals surface area contributed by atoms with E-state index in [0.717, 1.165) is 6.07 Å². The number of carbonyl (C=O) groups excluding carboxylic acids is 2. The molecule has 1 fully saturated rings. The van der Waals surface area contributed by atoms with Crippen LogP contribution in [0.4, 0.5) is 18.0 Å². The molecule has 10 heteroatoms. The van der Waals surface area contributed by atoms with Crippen LogP contribution in [-0.4, -0.2) is 45.5 Å². The zero-order valence-corrected chi connectivity index (χ0v) is 15.3. The van der Waals surface area contributed by atoms with Crippen LogP contribution in [0.25, 0.3) is 11.3 Å². The summed E-state index contributed by atoms with van der Waals surface area (Å²) in [6, 6.07) is 2.88. The van der Waals surface area contributed by atoms with Crippen molar-refractivity contribution in [2.24, 2.45) is 0 Å². The summed E-state index contributed by atoms with van der Waals surface area (Å²) in [4.78, 5) is 25.5. The third kappa shape index (κ3) is 3.46. The Kier molecular flexibility index (Phi) is 4.57. The molecule has 0 spiro atoms. The number of nitrogens with zero attached hydrogens (tertiary/aromatic N) is 3. The highest BCUT2D eigenvalue weighted by atomic mass is 35.5. The van der Waals surface area contributed by atoms with Gasteiger partial charge in [-0.3, -0.25) is 9.48 Å². The Balaban J connectivity index is 1.56. The second kappa shape index (κ2) is 6.80. The molecule has 6 nitrogen and oxygen atoms in total. The number of aromatic nitrogens is 2. The van der Waals surface area contributed by atoms with Crippen molar-refractivity contribution in [3.05, 3.63) is 40.3 Å². The molecule has 2 aliphatic rings. The van der Waals surface area contributed by atoms with Gasteiger partial charge in [0.15, 0.2) is 6.29 Å². The van der Waals surface area contributed by atoms with Gasteiger partial charge < -0.3 is 10.2 Å². The molecule has 2 amide bonds. The van der Waals surface area contributed by atoms with Crippen LogP contribution in [-0.2, 0) is 13.1 Å². The van der Waals surface area contributed by atoms with E-state index in [-0.39, 0.29) is 35.7 Å². The molecule has 0 bridgehead atoms. The standard InChI is InChI=1S/C18H16ClF3N4O2/c19-11-3-10(4-12(20)5-11)16-14(9-27)15-8-25(1-2-26(15)24-16)17(28)23-13-6-18(21,22)7-13/h3-5,9,13H,1-2,6-8H2,(H,23,28). The van der Waals surface area contributed by atoms with Gasteiger partial charge in [0.1, 0.15) is 11.5 Å². The maximum atomic E-state index is 13.7. The summed E-state index contributed by atoms with van der Waals surface area (Å²) in [5.41, 5.74) is 1.40. The highest BCUT2D eigenvalue weighted by Gasteiger charge is 2.46. The lowest BCUT2D eigenvalue weighted by Crippen LogP contribution is -2.54. The van der Waals surface area contributed by atoms with Crippen molar-refractivity contribution in [2.45, 2.75) is 37.9 Å². The van der Waals surface area contributed by atoms with Crippen LogP contribution in [0.3, 0.4) is 0 Å². The van der Waals surface area contributed by atoms with Crippen LogP contribution in [0, 0.1) is 5.82 Å². The zero-order chi connectivity index (χ0) is 20.1. The van der Waals surface area contributed by atoms with Crippen molar-refractivity contribution in [3.8, 4) is 11.3 Å². The number of rotatable bonds is 3. The maximum absolute atomic E-state index is 13.7. The van der Waals surface area contributed by atoms with E-state index in [1.54, 1.807) is 4.68 Å². The van der Waals surface area contributed by atoms with Gasteiger partial charge in [0.2, 0.25) is 0 Å². The Morgan fingerprint density at radius 2 is 2.04 bits per heavy atom. The summed E-state index contributed by atoms with van der Waals surface area (Å²) < 4.78 is 41.2. The van der Waals surface area contributed by atoms with Gasteiger partial charge in [-0.15, -0.1) is 0 Å².